The molecule has 0 unspecified atom stereocenters. The van der Waals surface area contributed by atoms with Gasteiger partial charge in [0.1, 0.15) is 11.6 Å². The van der Waals surface area contributed by atoms with Crippen LogP contribution in [0.5, 0.6) is 0 Å². The van der Waals surface area contributed by atoms with Gasteiger partial charge in [0.2, 0.25) is 0 Å². The fourth-order valence-electron chi connectivity index (χ4n) is 4.53. The number of hydrogen-bond donors (Lipinski definition) is 4. The minimum Gasteiger partial charge on any atom is -0.383 e. The molecular weight excluding hydrogens is 604 g/mol. The molecule has 0 aliphatic rings. The first-order valence-corrected chi connectivity index (χ1v) is 15.3. The number of nitrogens with two attached hydrogens (primary N) is 2. The molecule has 2 aromatic carbocycles. The molecule has 6 N–H and O–H groups in total. The summed E-state index contributed by atoms with van der Waals surface area (Å²) in [6.07, 6.45) is 5.12. The third kappa shape index (κ3) is 6.46. The molecule has 218 valence electrons. The van der Waals surface area contributed by atoms with Crippen molar-refractivity contribution >= 4 is 46.8 Å². The number of aromatic nitrogens is 6. The van der Waals surface area contributed by atoms with Crippen molar-refractivity contribution in [3.8, 4) is 16.9 Å². The Bertz CT molecular complexity index is 1830. The van der Waals surface area contributed by atoms with Crippen LogP contribution in [0.15, 0.2) is 106 Å². The molecule has 13 heteroatoms. The molecule has 0 saturated heterocycles. The molecule has 0 bridgehead atoms. The lowest BCUT2D eigenvalue weighted by Crippen LogP contribution is -2.28. The van der Waals surface area contributed by atoms with Crippen LogP contribution >= 0.6 is 35.1 Å². The first-order chi connectivity index (χ1) is 20.8. The Labute approximate surface area is 260 Å². The summed E-state index contributed by atoms with van der Waals surface area (Å²) in [5, 5.41) is 6.06. The fourth-order valence-corrected chi connectivity index (χ4v) is 5.86. The first-order valence-electron chi connectivity index (χ1n) is 13.0. The number of aromatic amines is 2. The highest BCUT2D eigenvalue weighted by molar-refractivity contribution is 7.99. The highest BCUT2D eigenvalue weighted by atomic mass is 35.5. The molecule has 0 aliphatic heterocycles. The maximum atomic E-state index is 13.8. The van der Waals surface area contributed by atoms with Crippen LogP contribution in [0.4, 0.5) is 11.6 Å². The summed E-state index contributed by atoms with van der Waals surface area (Å²) in [4.78, 5) is 42.0. The van der Waals surface area contributed by atoms with Crippen LogP contribution in [0.3, 0.4) is 0 Å². The van der Waals surface area contributed by atoms with Crippen molar-refractivity contribution < 1.29 is 0 Å². The van der Waals surface area contributed by atoms with E-state index in [-0.39, 0.29) is 22.8 Å². The van der Waals surface area contributed by atoms with E-state index >= 15 is 0 Å². The van der Waals surface area contributed by atoms with Crippen molar-refractivity contribution in [2.24, 2.45) is 0 Å². The van der Waals surface area contributed by atoms with E-state index in [9.17, 15) is 9.59 Å². The van der Waals surface area contributed by atoms with E-state index in [4.69, 9.17) is 28.2 Å². The normalized spacial score (nSPS) is 11.1. The van der Waals surface area contributed by atoms with Crippen LogP contribution in [0, 0.1) is 0 Å². The van der Waals surface area contributed by atoms with Gasteiger partial charge in [-0.2, -0.15) is 5.10 Å². The average molecular weight is 631 g/mol. The zero-order chi connectivity index (χ0) is 30.5. The van der Waals surface area contributed by atoms with Crippen molar-refractivity contribution in [1.82, 2.24) is 29.7 Å². The number of nitrogens with one attached hydrogen (secondary N) is 2. The van der Waals surface area contributed by atoms with E-state index < -0.39 is 17.0 Å². The molecule has 0 aliphatic carbocycles. The number of thioether (sulfide) groups is 2. The summed E-state index contributed by atoms with van der Waals surface area (Å²) in [7, 11) is 0. The lowest BCUT2D eigenvalue weighted by molar-refractivity contribution is 0.830. The summed E-state index contributed by atoms with van der Waals surface area (Å²) in [6, 6.07) is 16.5. The Morgan fingerprint density at radius 3 is 1.88 bits per heavy atom. The molecule has 3 aromatic heterocycles. The van der Waals surface area contributed by atoms with Gasteiger partial charge in [-0.15, -0.1) is 13.2 Å². The van der Waals surface area contributed by atoms with Crippen LogP contribution in [-0.4, -0.2) is 41.2 Å². The smallest absolute Gasteiger partial charge is 0.257 e. The quantitative estimate of drug-likeness (QED) is 0.0866. The van der Waals surface area contributed by atoms with Crippen molar-refractivity contribution in [2.45, 2.75) is 16.2 Å². The second kappa shape index (κ2) is 13.2. The second-order valence-electron chi connectivity index (χ2n) is 9.19. The number of para-hydroxylation sites is 1. The fraction of sp³-hybridized carbons (Fsp3) is 0.100. The van der Waals surface area contributed by atoms with Crippen LogP contribution < -0.4 is 22.6 Å². The number of benzene rings is 2. The number of nitrogen functional groups attached to an aromatic ring is 2. The van der Waals surface area contributed by atoms with Gasteiger partial charge >= 0.3 is 0 Å². The molecule has 5 aromatic rings. The first kappa shape index (κ1) is 30.0. The van der Waals surface area contributed by atoms with Crippen molar-refractivity contribution in [3.63, 3.8) is 0 Å². The predicted molar refractivity (Wildman–Crippen MR) is 175 cm³/mol. The Balaban J connectivity index is 1.82. The molecule has 0 radical (unpaired) electrons. The van der Waals surface area contributed by atoms with Crippen molar-refractivity contribution in [2.75, 3.05) is 23.0 Å². The number of nitrogens with zero attached hydrogens (tertiary/aromatic N) is 4. The summed E-state index contributed by atoms with van der Waals surface area (Å²) in [5.74, 6) is -0.184. The van der Waals surface area contributed by atoms with E-state index in [1.165, 1.54) is 23.5 Å². The van der Waals surface area contributed by atoms with E-state index in [0.717, 1.165) is 5.69 Å². The van der Waals surface area contributed by atoms with Gasteiger partial charge in [0.25, 0.3) is 11.1 Å². The number of halogens is 1. The highest BCUT2D eigenvalue weighted by Gasteiger charge is 2.33. The van der Waals surface area contributed by atoms with E-state index in [2.05, 4.69) is 33.1 Å². The third-order valence-electron chi connectivity index (χ3n) is 6.37. The predicted octanol–water partition coefficient (Wildman–Crippen LogP) is 5.26. The summed E-state index contributed by atoms with van der Waals surface area (Å²) in [6.45, 7) is 7.41. The molecule has 3 heterocycles. The molecule has 0 saturated carbocycles. The molecule has 0 spiro atoms. The molecule has 0 fully saturated rings. The zero-order valence-electron chi connectivity index (χ0n) is 22.8. The number of rotatable bonds is 11. The SMILES string of the molecule is C=CCSc1nc(N)c(C(c2cn(-c3ccccc3)nc2-c2ccc(Cl)cc2)c2c(N)nc(SCC=C)[nH]c2=O)c(=O)[nH]1. The standard InChI is InChI=1S/C30H27ClN8O2S2/c1-3-14-42-29-34-25(32)22(27(40)36-29)21(23-26(33)35-30(37-28(23)41)43-15-4-2)20-16-39(19-8-6-5-7-9-19)38-24(20)17-10-12-18(31)13-11-17/h3-13,16,21H,1-2,14-15H2,(H3,32,34,36,40)(H3,33,35,37,41). The molecule has 0 amide bonds. The van der Waals surface area contributed by atoms with Crippen molar-refractivity contribution in [1.29, 1.82) is 0 Å². The monoisotopic (exact) mass is 630 g/mol. The van der Waals surface area contributed by atoms with Gasteiger partial charge in [-0.1, -0.05) is 77.6 Å². The van der Waals surface area contributed by atoms with Gasteiger partial charge in [0.15, 0.2) is 10.3 Å². The van der Waals surface area contributed by atoms with Crippen LogP contribution in [0.2, 0.25) is 5.02 Å². The molecular formula is C30H27ClN8O2S2. The average Bonchev–Trinajstić information content (AvgIpc) is 3.43. The Morgan fingerprint density at radius 2 is 1.40 bits per heavy atom. The lowest BCUT2D eigenvalue weighted by atomic mass is 9.85. The minimum atomic E-state index is -1.09. The van der Waals surface area contributed by atoms with Crippen LogP contribution in [-0.2, 0) is 0 Å². The van der Waals surface area contributed by atoms with E-state index in [1.807, 2.05) is 42.5 Å². The maximum Gasteiger partial charge on any atom is 0.257 e. The highest BCUT2D eigenvalue weighted by Crippen LogP contribution is 2.39. The Hall–Kier alpha value is -4.52. The lowest BCUT2D eigenvalue weighted by Gasteiger charge is -2.20. The Morgan fingerprint density at radius 1 is 0.860 bits per heavy atom. The molecule has 5 rings (SSSR count). The molecule has 0 atom stereocenters. The summed E-state index contributed by atoms with van der Waals surface area (Å²) >= 11 is 8.74. The van der Waals surface area contributed by atoms with Crippen LogP contribution in [0.1, 0.15) is 22.6 Å². The van der Waals surface area contributed by atoms with E-state index in [1.54, 1.807) is 35.2 Å². The molecule has 43 heavy (non-hydrogen) atoms. The van der Waals surface area contributed by atoms with Gasteiger partial charge in [-0.25, -0.2) is 14.6 Å². The maximum absolute atomic E-state index is 13.8. The largest absolute Gasteiger partial charge is 0.383 e. The summed E-state index contributed by atoms with van der Waals surface area (Å²) < 4.78 is 1.67. The minimum absolute atomic E-state index is 0.0382. The van der Waals surface area contributed by atoms with Crippen LogP contribution in [0.25, 0.3) is 16.9 Å². The topological polar surface area (TPSA) is 161 Å². The zero-order valence-corrected chi connectivity index (χ0v) is 25.2. The van der Waals surface area contributed by atoms with Gasteiger partial charge in [0.05, 0.1) is 28.4 Å². The van der Waals surface area contributed by atoms with Crippen molar-refractivity contribution in [3.05, 3.63) is 129 Å². The summed E-state index contributed by atoms with van der Waals surface area (Å²) in [5.41, 5.74) is 14.4. The Kier molecular flexibility index (Phi) is 9.19. The molecule has 10 nitrogen and oxygen atoms in total. The van der Waals surface area contributed by atoms with E-state index in [0.29, 0.717) is 43.7 Å². The van der Waals surface area contributed by atoms with Gasteiger partial charge in [-0.3, -0.25) is 9.59 Å². The van der Waals surface area contributed by atoms with Gasteiger partial charge in [0, 0.05) is 33.9 Å². The van der Waals surface area contributed by atoms with Gasteiger partial charge in [-0.05, 0) is 24.3 Å². The third-order valence-corrected chi connectivity index (χ3v) is 8.36. The second-order valence-corrected chi connectivity index (χ2v) is 11.6. The number of H-pyrrole nitrogens is 2. The van der Waals surface area contributed by atoms with Gasteiger partial charge < -0.3 is 21.4 Å². The number of anilines is 2. The number of hydrogen-bond acceptors (Lipinski definition) is 9.